The summed E-state index contributed by atoms with van der Waals surface area (Å²) in [4.78, 5) is 15.1. The first-order valence-electron chi connectivity index (χ1n) is 9.84. The Bertz CT molecular complexity index is 1160. The maximum Gasteiger partial charge on any atom is 0.416 e. The Kier molecular flexibility index (Phi) is 3.51. The number of hydrogen-bond acceptors (Lipinski definition) is 3. The molecule has 4 nitrogen and oxygen atoms in total. The van der Waals surface area contributed by atoms with Crippen LogP contribution < -0.4 is 9.64 Å². The largest absolute Gasteiger partial charge is 0.455 e. The molecule has 1 fully saturated rings. The van der Waals surface area contributed by atoms with Crippen molar-refractivity contribution in [3.63, 3.8) is 0 Å². The Hall–Kier alpha value is -2.98. The molecule has 0 aromatic heterocycles. The second-order valence-corrected chi connectivity index (χ2v) is 8.23. The molecule has 6 rings (SSSR count). The third-order valence-corrected chi connectivity index (χ3v) is 6.48. The smallest absolute Gasteiger partial charge is 0.416 e. The average Bonchev–Trinajstić information content (AvgIpc) is 2.93. The van der Waals surface area contributed by atoms with Crippen LogP contribution in [0.1, 0.15) is 35.6 Å². The lowest BCUT2D eigenvalue weighted by Gasteiger charge is -2.39. The van der Waals surface area contributed by atoms with Gasteiger partial charge in [-0.25, -0.2) is 4.79 Å². The van der Waals surface area contributed by atoms with Crippen LogP contribution in [0.5, 0.6) is 11.5 Å². The van der Waals surface area contributed by atoms with E-state index < -0.39 is 5.60 Å². The van der Waals surface area contributed by atoms with E-state index in [1.807, 2.05) is 42.5 Å². The molecule has 144 valence electrons. The van der Waals surface area contributed by atoms with Crippen LogP contribution in [0.4, 0.5) is 10.5 Å². The number of carbonyl (C=O) groups is 1. The van der Waals surface area contributed by atoms with Crippen LogP contribution in [-0.4, -0.2) is 6.09 Å². The molecule has 0 bridgehead atoms. The van der Waals surface area contributed by atoms with Crippen LogP contribution in [0.25, 0.3) is 0 Å². The molecular formula is C24H18ClNO3. The maximum absolute atomic E-state index is 13.3. The van der Waals surface area contributed by atoms with E-state index in [0.717, 1.165) is 36.1 Å². The Balaban J connectivity index is 1.67. The van der Waals surface area contributed by atoms with Gasteiger partial charge in [0.05, 0.1) is 5.69 Å². The molecule has 3 aliphatic rings. The minimum Gasteiger partial charge on any atom is -0.455 e. The number of benzene rings is 3. The van der Waals surface area contributed by atoms with Gasteiger partial charge in [-0.1, -0.05) is 54.1 Å². The molecule has 3 aromatic rings. The van der Waals surface area contributed by atoms with Gasteiger partial charge in [-0.2, -0.15) is 0 Å². The van der Waals surface area contributed by atoms with Crippen molar-refractivity contribution < 1.29 is 14.3 Å². The molecule has 2 heterocycles. The van der Waals surface area contributed by atoms with E-state index in [9.17, 15) is 4.79 Å². The highest BCUT2D eigenvalue weighted by atomic mass is 35.5. The molecule has 0 saturated carbocycles. The highest BCUT2D eigenvalue weighted by Gasteiger charge is 2.59. The van der Waals surface area contributed by atoms with E-state index in [1.165, 1.54) is 5.56 Å². The summed E-state index contributed by atoms with van der Waals surface area (Å²) in [6, 6.07) is 21.2. The van der Waals surface area contributed by atoms with Gasteiger partial charge in [0.15, 0.2) is 11.4 Å². The van der Waals surface area contributed by atoms with Gasteiger partial charge >= 0.3 is 6.09 Å². The molecule has 3 aromatic carbocycles. The summed E-state index contributed by atoms with van der Waals surface area (Å²) in [6.07, 6.45) is 2.35. The normalized spacial score (nSPS) is 24.0. The first kappa shape index (κ1) is 16.9. The van der Waals surface area contributed by atoms with Crippen molar-refractivity contribution in [3.05, 3.63) is 88.4 Å². The lowest BCUT2D eigenvalue weighted by molar-refractivity contribution is 0.0170. The molecule has 0 unspecified atom stereocenters. The minimum absolute atomic E-state index is 0.327. The number of ether oxygens (including phenoxy) is 2. The third-order valence-electron chi connectivity index (χ3n) is 6.25. The van der Waals surface area contributed by atoms with Crippen molar-refractivity contribution in [2.24, 2.45) is 0 Å². The molecule has 1 spiro atoms. The Labute approximate surface area is 173 Å². The van der Waals surface area contributed by atoms with Crippen LogP contribution in [-0.2, 0) is 16.8 Å². The van der Waals surface area contributed by atoms with Gasteiger partial charge in [0.1, 0.15) is 11.8 Å². The fourth-order valence-electron chi connectivity index (χ4n) is 5.10. The Morgan fingerprint density at radius 2 is 1.83 bits per heavy atom. The molecule has 1 saturated heterocycles. The zero-order valence-electron chi connectivity index (χ0n) is 15.6. The summed E-state index contributed by atoms with van der Waals surface area (Å²) in [5.74, 6) is 1.34. The van der Waals surface area contributed by atoms with Crippen molar-refractivity contribution in [3.8, 4) is 11.5 Å². The number of carbonyl (C=O) groups excluding carboxylic acids is 1. The number of amides is 1. The number of aryl methyl sites for hydroxylation is 1. The van der Waals surface area contributed by atoms with Gasteiger partial charge in [-0.15, -0.1) is 0 Å². The second-order valence-electron chi connectivity index (χ2n) is 7.79. The van der Waals surface area contributed by atoms with Crippen LogP contribution in [0.3, 0.4) is 0 Å². The van der Waals surface area contributed by atoms with Gasteiger partial charge < -0.3 is 9.47 Å². The van der Waals surface area contributed by atoms with Gasteiger partial charge in [0, 0.05) is 16.1 Å². The number of hydrogen-bond donors (Lipinski definition) is 0. The fourth-order valence-corrected chi connectivity index (χ4v) is 5.27. The first-order chi connectivity index (χ1) is 14.2. The van der Waals surface area contributed by atoms with Crippen molar-refractivity contribution in [1.29, 1.82) is 0 Å². The molecule has 2 aliphatic heterocycles. The predicted molar refractivity (Wildman–Crippen MR) is 111 cm³/mol. The van der Waals surface area contributed by atoms with E-state index in [4.69, 9.17) is 21.1 Å². The molecule has 5 heteroatoms. The monoisotopic (exact) mass is 403 g/mol. The number of rotatable bonds is 0. The van der Waals surface area contributed by atoms with Crippen LogP contribution in [0.15, 0.2) is 66.7 Å². The first-order valence-corrected chi connectivity index (χ1v) is 10.2. The molecular weight excluding hydrogens is 386 g/mol. The van der Waals surface area contributed by atoms with Gasteiger partial charge in [-0.3, -0.25) is 4.90 Å². The lowest BCUT2D eigenvalue weighted by atomic mass is 9.72. The van der Waals surface area contributed by atoms with Crippen LogP contribution in [0.2, 0.25) is 5.02 Å². The number of nitrogens with zero attached hydrogens (tertiary/aromatic N) is 1. The number of fused-ring (bicyclic) bond motifs is 8. The van der Waals surface area contributed by atoms with E-state index in [2.05, 4.69) is 12.1 Å². The molecule has 0 N–H and O–H groups in total. The topological polar surface area (TPSA) is 38.8 Å². The molecule has 1 amide bonds. The summed E-state index contributed by atoms with van der Waals surface area (Å²) in [5, 5.41) is 0.551. The average molecular weight is 404 g/mol. The fraction of sp³-hybridized carbons (Fsp3) is 0.208. The van der Waals surface area contributed by atoms with Crippen LogP contribution >= 0.6 is 11.6 Å². The quantitative estimate of drug-likeness (QED) is 0.437. The maximum atomic E-state index is 13.3. The Morgan fingerprint density at radius 1 is 1.00 bits per heavy atom. The summed E-state index contributed by atoms with van der Waals surface area (Å²) in [5.41, 5.74) is 3.16. The molecule has 2 atom stereocenters. The molecule has 29 heavy (non-hydrogen) atoms. The van der Waals surface area contributed by atoms with E-state index in [1.54, 1.807) is 17.0 Å². The predicted octanol–water partition coefficient (Wildman–Crippen LogP) is 6.38. The van der Waals surface area contributed by atoms with Gasteiger partial charge in [0.2, 0.25) is 0 Å². The molecule has 0 radical (unpaired) electrons. The number of halogens is 1. The van der Waals surface area contributed by atoms with E-state index >= 15 is 0 Å². The third kappa shape index (κ3) is 2.29. The highest BCUT2D eigenvalue weighted by Crippen LogP contribution is 2.59. The van der Waals surface area contributed by atoms with Crippen molar-refractivity contribution in [2.45, 2.75) is 30.9 Å². The summed E-state index contributed by atoms with van der Waals surface area (Å²) >= 11 is 6.30. The number of para-hydroxylation sites is 1. The summed E-state index contributed by atoms with van der Waals surface area (Å²) in [6.45, 7) is 0. The summed E-state index contributed by atoms with van der Waals surface area (Å²) in [7, 11) is 0. The Morgan fingerprint density at radius 3 is 2.76 bits per heavy atom. The van der Waals surface area contributed by atoms with Crippen molar-refractivity contribution >= 4 is 23.4 Å². The zero-order valence-corrected chi connectivity index (χ0v) is 16.4. The molecule has 1 aliphatic carbocycles. The van der Waals surface area contributed by atoms with E-state index in [0.29, 0.717) is 16.5 Å². The highest BCUT2D eigenvalue weighted by molar-refractivity contribution is 6.31. The number of anilines is 1. The summed E-state index contributed by atoms with van der Waals surface area (Å²) < 4.78 is 12.5. The van der Waals surface area contributed by atoms with E-state index in [-0.39, 0.29) is 12.1 Å². The van der Waals surface area contributed by atoms with Crippen molar-refractivity contribution in [2.75, 3.05) is 4.90 Å². The van der Waals surface area contributed by atoms with Crippen molar-refractivity contribution in [1.82, 2.24) is 0 Å². The van der Waals surface area contributed by atoms with Gasteiger partial charge in [0.25, 0.3) is 0 Å². The second kappa shape index (κ2) is 6.01. The van der Waals surface area contributed by atoms with Crippen LogP contribution in [0, 0.1) is 0 Å². The SMILES string of the molecule is O=C1O[C@]2(CCCc3ccccc32)[C@H]2c3ccccc3Oc3ccc(Cl)cc3N12. The minimum atomic E-state index is -0.755. The lowest BCUT2D eigenvalue weighted by Crippen LogP contribution is -2.39. The zero-order chi connectivity index (χ0) is 19.6. The van der Waals surface area contributed by atoms with Gasteiger partial charge in [-0.05, 0) is 49.1 Å². The standard InChI is InChI=1S/C24H18ClNO3/c25-16-11-12-21-19(14-16)26-22(17-8-2-4-10-20(17)28-21)24(29-23(26)27)13-5-7-15-6-1-3-9-18(15)24/h1-4,6,8-12,14,22H,5,7,13H2/t22-,24+/m1/s1.